The summed E-state index contributed by atoms with van der Waals surface area (Å²) in [6.07, 6.45) is 0. The molecule has 0 aliphatic carbocycles. The molecule has 0 aliphatic heterocycles. The maximum atomic E-state index is 12.6. The molecule has 27 heavy (non-hydrogen) atoms. The fourth-order valence-corrected chi connectivity index (χ4v) is 2.92. The van der Waals surface area contributed by atoms with E-state index < -0.39 is 0 Å². The number of hydrogen-bond donors (Lipinski definition) is 0. The fourth-order valence-electron chi connectivity index (χ4n) is 2.92. The molecule has 0 saturated carbocycles. The summed E-state index contributed by atoms with van der Waals surface area (Å²) in [7, 11) is 1.73. The summed E-state index contributed by atoms with van der Waals surface area (Å²) < 4.78 is 11.5. The van der Waals surface area contributed by atoms with E-state index in [2.05, 4.69) is 6.07 Å². The van der Waals surface area contributed by atoms with Gasteiger partial charge in [0.15, 0.2) is 5.76 Å². The van der Waals surface area contributed by atoms with E-state index in [0.29, 0.717) is 11.5 Å². The molecule has 0 aliphatic rings. The molecular formula is C23H19NO3. The number of amides is 1. The van der Waals surface area contributed by atoms with Crippen LogP contribution in [0, 0.1) is 0 Å². The van der Waals surface area contributed by atoms with Crippen LogP contribution < -0.4 is 9.64 Å². The number of furan rings is 1. The summed E-state index contributed by atoms with van der Waals surface area (Å²) in [5, 5.41) is 2.29. The molecule has 0 atom stereocenters. The lowest BCUT2D eigenvalue weighted by Gasteiger charge is -2.15. The summed E-state index contributed by atoms with van der Waals surface area (Å²) in [6, 6.07) is 27.0. The minimum absolute atomic E-state index is 0.196. The summed E-state index contributed by atoms with van der Waals surface area (Å²) in [6.45, 7) is 0.265. The van der Waals surface area contributed by atoms with Gasteiger partial charge in [0.25, 0.3) is 5.91 Å². The highest BCUT2D eigenvalue weighted by molar-refractivity contribution is 6.03. The second kappa shape index (κ2) is 7.38. The van der Waals surface area contributed by atoms with Gasteiger partial charge in [0.05, 0.1) is 0 Å². The normalized spacial score (nSPS) is 10.7. The van der Waals surface area contributed by atoms with Gasteiger partial charge in [-0.15, -0.1) is 0 Å². The lowest BCUT2D eigenvalue weighted by Crippen LogP contribution is -2.25. The molecule has 0 radical (unpaired) electrons. The van der Waals surface area contributed by atoms with Gasteiger partial charge >= 0.3 is 0 Å². The van der Waals surface area contributed by atoms with Crippen molar-refractivity contribution < 1.29 is 13.9 Å². The average Bonchev–Trinajstić information content (AvgIpc) is 3.20. The van der Waals surface area contributed by atoms with E-state index in [-0.39, 0.29) is 12.5 Å². The maximum absolute atomic E-state index is 12.6. The van der Waals surface area contributed by atoms with E-state index in [1.165, 1.54) is 5.39 Å². The van der Waals surface area contributed by atoms with Gasteiger partial charge in [0.1, 0.15) is 18.1 Å². The van der Waals surface area contributed by atoms with Crippen LogP contribution in [-0.2, 0) is 6.61 Å². The van der Waals surface area contributed by atoms with Gasteiger partial charge in [-0.1, -0.05) is 48.5 Å². The second-order valence-corrected chi connectivity index (χ2v) is 6.26. The molecule has 1 amide bonds. The third-order valence-corrected chi connectivity index (χ3v) is 4.42. The van der Waals surface area contributed by atoms with Gasteiger partial charge in [0.2, 0.25) is 0 Å². The Morgan fingerprint density at radius 1 is 0.889 bits per heavy atom. The number of benzene rings is 3. The minimum atomic E-state index is -0.196. The fraction of sp³-hybridized carbons (Fsp3) is 0.0870. The molecule has 134 valence electrons. The van der Waals surface area contributed by atoms with Crippen molar-refractivity contribution in [3.05, 3.63) is 96.4 Å². The first-order chi connectivity index (χ1) is 13.2. The van der Waals surface area contributed by atoms with E-state index in [1.54, 1.807) is 24.1 Å². The topological polar surface area (TPSA) is 42.7 Å². The highest BCUT2D eigenvalue weighted by Crippen LogP contribution is 2.22. The number of ether oxygens (including phenoxy) is 1. The van der Waals surface area contributed by atoms with Crippen LogP contribution in [0.1, 0.15) is 16.3 Å². The quantitative estimate of drug-likeness (QED) is 0.487. The monoisotopic (exact) mass is 357 g/mol. The summed E-state index contributed by atoms with van der Waals surface area (Å²) in [4.78, 5) is 14.1. The largest absolute Gasteiger partial charge is 0.486 e. The van der Waals surface area contributed by atoms with Crippen LogP contribution in [0.4, 0.5) is 5.69 Å². The molecule has 0 bridgehead atoms. The average molecular weight is 357 g/mol. The molecule has 0 N–H and O–H groups in total. The smallest absolute Gasteiger partial charge is 0.293 e. The Labute approximate surface area is 157 Å². The lowest BCUT2D eigenvalue weighted by atomic mass is 10.1. The Kier molecular flexibility index (Phi) is 4.62. The van der Waals surface area contributed by atoms with Gasteiger partial charge in [-0.2, -0.15) is 0 Å². The van der Waals surface area contributed by atoms with E-state index in [4.69, 9.17) is 9.15 Å². The molecule has 4 rings (SSSR count). The Morgan fingerprint density at radius 2 is 1.63 bits per heavy atom. The van der Waals surface area contributed by atoms with Crippen LogP contribution in [0.25, 0.3) is 10.8 Å². The molecule has 0 unspecified atom stereocenters. The van der Waals surface area contributed by atoms with Crippen molar-refractivity contribution in [3.63, 3.8) is 0 Å². The zero-order valence-corrected chi connectivity index (χ0v) is 15.0. The van der Waals surface area contributed by atoms with Crippen molar-refractivity contribution in [2.75, 3.05) is 11.9 Å². The number of nitrogens with zero attached hydrogens (tertiary/aromatic N) is 1. The Hall–Kier alpha value is -3.53. The number of anilines is 1. The van der Waals surface area contributed by atoms with Gasteiger partial charge in [-0.05, 0) is 47.2 Å². The summed E-state index contributed by atoms with van der Waals surface area (Å²) >= 11 is 0. The highest BCUT2D eigenvalue weighted by Gasteiger charge is 2.17. The number of carbonyl (C=O) groups is 1. The zero-order valence-electron chi connectivity index (χ0n) is 15.0. The Morgan fingerprint density at radius 3 is 2.44 bits per heavy atom. The van der Waals surface area contributed by atoms with Gasteiger partial charge in [-0.3, -0.25) is 4.79 Å². The molecule has 0 saturated heterocycles. The maximum Gasteiger partial charge on any atom is 0.293 e. The molecule has 3 aromatic carbocycles. The molecule has 0 fully saturated rings. The summed E-state index contributed by atoms with van der Waals surface area (Å²) in [5.74, 6) is 1.46. The molecule has 1 aromatic heterocycles. The predicted octanol–water partition coefficient (Wildman–Crippen LogP) is 5.29. The Balaban J connectivity index is 1.43. The lowest BCUT2D eigenvalue weighted by molar-refractivity contribution is 0.0962. The van der Waals surface area contributed by atoms with Crippen molar-refractivity contribution in [2.24, 2.45) is 0 Å². The van der Waals surface area contributed by atoms with Crippen LogP contribution in [0.15, 0.2) is 89.3 Å². The third-order valence-electron chi connectivity index (χ3n) is 4.42. The van der Waals surface area contributed by atoms with Crippen LogP contribution in [0.3, 0.4) is 0 Å². The number of rotatable bonds is 5. The summed E-state index contributed by atoms with van der Waals surface area (Å²) in [5.41, 5.74) is 0.813. The second-order valence-electron chi connectivity index (χ2n) is 6.26. The van der Waals surface area contributed by atoms with E-state index in [1.807, 2.05) is 66.7 Å². The van der Waals surface area contributed by atoms with Crippen LogP contribution in [0.2, 0.25) is 0 Å². The molecule has 0 spiro atoms. The van der Waals surface area contributed by atoms with Crippen molar-refractivity contribution >= 4 is 22.4 Å². The minimum Gasteiger partial charge on any atom is -0.486 e. The first-order valence-corrected chi connectivity index (χ1v) is 8.74. The van der Waals surface area contributed by atoms with Crippen LogP contribution in [0.5, 0.6) is 5.75 Å². The van der Waals surface area contributed by atoms with Crippen molar-refractivity contribution in [3.8, 4) is 5.75 Å². The third kappa shape index (κ3) is 3.70. The first-order valence-electron chi connectivity index (χ1n) is 8.74. The number of carbonyl (C=O) groups excluding carboxylic acids is 1. The van der Waals surface area contributed by atoms with Gasteiger partial charge in [0, 0.05) is 12.7 Å². The predicted molar refractivity (Wildman–Crippen MR) is 106 cm³/mol. The van der Waals surface area contributed by atoms with E-state index in [9.17, 15) is 4.79 Å². The Bertz CT molecular complexity index is 1070. The highest BCUT2D eigenvalue weighted by atomic mass is 16.5. The first kappa shape index (κ1) is 16.9. The van der Waals surface area contributed by atoms with Crippen molar-refractivity contribution in [2.45, 2.75) is 6.61 Å². The van der Waals surface area contributed by atoms with E-state index in [0.717, 1.165) is 16.8 Å². The molecule has 1 heterocycles. The van der Waals surface area contributed by atoms with Crippen molar-refractivity contribution in [1.29, 1.82) is 0 Å². The standard InChI is InChI=1S/C23H19NO3/c1-24(19-9-3-2-4-10-19)23(25)22-14-13-21(27-22)16-26-20-12-11-17-7-5-6-8-18(17)15-20/h2-15H,16H2,1H3. The van der Waals surface area contributed by atoms with Crippen LogP contribution in [-0.4, -0.2) is 13.0 Å². The molecule has 4 aromatic rings. The SMILES string of the molecule is CN(C(=O)c1ccc(COc2ccc3ccccc3c2)o1)c1ccccc1. The number of fused-ring (bicyclic) bond motifs is 1. The van der Waals surface area contributed by atoms with Crippen molar-refractivity contribution in [1.82, 2.24) is 0 Å². The zero-order chi connectivity index (χ0) is 18.6. The van der Waals surface area contributed by atoms with E-state index >= 15 is 0 Å². The molecule has 4 heteroatoms. The molecular weight excluding hydrogens is 338 g/mol. The molecule has 4 nitrogen and oxygen atoms in total. The van der Waals surface area contributed by atoms with Gasteiger partial charge in [-0.25, -0.2) is 0 Å². The van der Waals surface area contributed by atoms with Gasteiger partial charge < -0.3 is 14.1 Å². The van der Waals surface area contributed by atoms with Crippen LogP contribution >= 0.6 is 0 Å². The number of para-hydroxylation sites is 1. The number of hydrogen-bond acceptors (Lipinski definition) is 3.